The third-order valence-corrected chi connectivity index (χ3v) is 4.63. The quantitative estimate of drug-likeness (QED) is 0.685. The molecule has 3 heteroatoms. The van der Waals surface area contributed by atoms with Gasteiger partial charge in [0.15, 0.2) is 0 Å². The fourth-order valence-corrected chi connectivity index (χ4v) is 3.34. The lowest BCUT2D eigenvalue weighted by Gasteiger charge is -2.04. The minimum absolute atomic E-state index is 0.945. The minimum Gasteiger partial charge on any atom is -0.313 e. The summed E-state index contributed by atoms with van der Waals surface area (Å²) in [5, 5.41) is 4.75. The fourth-order valence-electron chi connectivity index (χ4n) is 2.33. The second-order valence-electron chi connectivity index (χ2n) is 5.34. The summed E-state index contributed by atoms with van der Waals surface area (Å²) in [6, 6.07) is 17.1. The van der Waals surface area contributed by atoms with E-state index in [4.69, 9.17) is 0 Å². The number of fused-ring (bicyclic) bond motifs is 1. The van der Waals surface area contributed by atoms with Crippen LogP contribution < -0.4 is 5.32 Å². The molecule has 0 amide bonds. The van der Waals surface area contributed by atoms with Crippen molar-refractivity contribution in [3.63, 3.8) is 0 Å². The minimum atomic E-state index is 0.945. The van der Waals surface area contributed by atoms with Gasteiger partial charge in [0.1, 0.15) is 0 Å². The molecule has 2 nitrogen and oxygen atoms in total. The van der Waals surface area contributed by atoms with Crippen molar-refractivity contribution in [2.45, 2.75) is 26.3 Å². The molecule has 0 saturated carbocycles. The Morgan fingerprint density at radius 1 is 1.05 bits per heavy atom. The highest BCUT2D eigenvalue weighted by molar-refractivity contribution is 7.18. The Morgan fingerprint density at radius 2 is 1.86 bits per heavy atom. The van der Waals surface area contributed by atoms with Gasteiger partial charge in [-0.3, -0.25) is 0 Å². The molecular formula is C18H20N2S. The van der Waals surface area contributed by atoms with E-state index in [2.05, 4.69) is 65.8 Å². The summed E-state index contributed by atoms with van der Waals surface area (Å²) in [7, 11) is 0. The molecule has 1 aromatic heterocycles. The fraction of sp³-hybridized carbons (Fsp3) is 0.278. The second kappa shape index (κ2) is 6.83. The van der Waals surface area contributed by atoms with Crippen LogP contribution in [0.25, 0.3) is 10.2 Å². The first-order chi connectivity index (χ1) is 10.3. The van der Waals surface area contributed by atoms with Crippen LogP contribution in [0, 0.1) is 6.92 Å². The zero-order valence-electron chi connectivity index (χ0n) is 12.3. The molecule has 0 fully saturated rings. The highest BCUT2D eigenvalue weighted by atomic mass is 32.1. The number of aryl methyl sites for hydroxylation is 2. The first kappa shape index (κ1) is 14.2. The molecule has 0 saturated heterocycles. The number of hydrogen-bond donors (Lipinski definition) is 1. The van der Waals surface area contributed by atoms with Crippen molar-refractivity contribution in [2.24, 2.45) is 0 Å². The number of thiazole rings is 1. The van der Waals surface area contributed by atoms with Crippen LogP contribution in [0.5, 0.6) is 0 Å². The lowest BCUT2D eigenvalue weighted by atomic mass is 10.1. The standard InChI is InChI=1S/C18H20N2S/c1-14-8-10-15(11-9-14)13-19-12-4-7-18-20-16-5-2-3-6-17(16)21-18/h2-3,5-6,8-11,19H,4,7,12-13H2,1H3. The van der Waals surface area contributed by atoms with E-state index in [0.717, 1.165) is 31.4 Å². The molecular weight excluding hydrogens is 276 g/mol. The summed E-state index contributed by atoms with van der Waals surface area (Å²) < 4.78 is 1.29. The van der Waals surface area contributed by atoms with Gasteiger partial charge >= 0.3 is 0 Å². The lowest BCUT2D eigenvalue weighted by molar-refractivity contribution is 0.649. The summed E-state index contributed by atoms with van der Waals surface area (Å²) >= 11 is 1.81. The van der Waals surface area contributed by atoms with Gasteiger partial charge in [0.2, 0.25) is 0 Å². The molecule has 3 rings (SSSR count). The molecule has 0 aliphatic rings. The zero-order chi connectivity index (χ0) is 14.5. The van der Waals surface area contributed by atoms with Gasteiger partial charge in [0.05, 0.1) is 15.2 Å². The number of benzene rings is 2. The van der Waals surface area contributed by atoms with E-state index in [0.29, 0.717) is 0 Å². The predicted octanol–water partition coefficient (Wildman–Crippen LogP) is 4.33. The molecule has 1 N–H and O–H groups in total. The van der Waals surface area contributed by atoms with Crippen molar-refractivity contribution in [3.05, 3.63) is 64.7 Å². The molecule has 1 heterocycles. The van der Waals surface area contributed by atoms with Gasteiger partial charge in [-0.05, 0) is 37.6 Å². The number of rotatable bonds is 6. The lowest BCUT2D eigenvalue weighted by Crippen LogP contribution is -2.15. The maximum absolute atomic E-state index is 4.67. The molecule has 0 aliphatic heterocycles. The van der Waals surface area contributed by atoms with Crippen LogP contribution >= 0.6 is 11.3 Å². The van der Waals surface area contributed by atoms with Crippen molar-refractivity contribution >= 4 is 21.6 Å². The average Bonchev–Trinajstić information content (AvgIpc) is 2.91. The molecule has 0 atom stereocenters. The van der Waals surface area contributed by atoms with Gasteiger partial charge < -0.3 is 5.32 Å². The van der Waals surface area contributed by atoms with Crippen molar-refractivity contribution in [2.75, 3.05) is 6.54 Å². The molecule has 108 valence electrons. The Kier molecular flexibility index (Phi) is 4.63. The van der Waals surface area contributed by atoms with E-state index in [1.165, 1.54) is 20.8 Å². The Balaban J connectivity index is 1.42. The van der Waals surface area contributed by atoms with Gasteiger partial charge in [0, 0.05) is 13.0 Å². The van der Waals surface area contributed by atoms with Gasteiger partial charge in [0.25, 0.3) is 0 Å². The Hall–Kier alpha value is -1.71. The largest absolute Gasteiger partial charge is 0.313 e. The van der Waals surface area contributed by atoms with E-state index >= 15 is 0 Å². The Labute approximate surface area is 129 Å². The number of nitrogens with zero attached hydrogens (tertiary/aromatic N) is 1. The molecule has 2 aromatic carbocycles. The van der Waals surface area contributed by atoms with Crippen molar-refractivity contribution < 1.29 is 0 Å². The summed E-state index contributed by atoms with van der Waals surface area (Å²) in [6.07, 6.45) is 2.19. The molecule has 0 radical (unpaired) electrons. The summed E-state index contributed by atoms with van der Waals surface area (Å²) in [6.45, 7) is 4.10. The molecule has 21 heavy (non-hydrogen) atoms. The maximum Gasteiger partial charge on any atom is 0.0939 e. The van der Waals surface area contributed by atoms with E-state index < -0.39 is 0 Å². The van der Waals surface area contributed by atoms with Crippen LogP contribution in [-0.2, 0) is 13.0 Å². The van der Waals surface area contributed by atoms with Gasteiger partial charge in [-0.2, -0.15) is 0 Å². The zero-order valence-corrected chi connectivity index (χ0v) is 13.1. The van der Waals surface area contributed by atoms with Crippen LogP contribution in [0.4, 0.5) is 0 Å². The van der Waals surface area contributed by atoms with Crippen molar-refractivity contribution in [1.29, 1.82) is 0 Å². The first-order valence-corrected chi connectivity index (χ1v) is 8.23. The van der Waals surface area contributed by atoms with Crippen LogP contribution in [0.1, 0.15) is 22.6 Å². The number of nitrogens with one attached hydrogen (secondary N) is 1. The summed E-state index contributed by atoms with van der Waals surface area (Å²) in [5.41, 5.74) is 3.79. The number of para-hydroxylation sites is 1. The van der Waals surface area contributed by atoms with Crippen LogP contribution in [-0.4, -0.2) is 11.5 Å². The molecule has 0 spiro atoms. The number of hydrogen-bond acceptors (Lipinski definition) is 3. The van der Waals surface area contributed by atoms with E-state index in [1.54, 1.807) is 0 Å². The number of aromatic nitrogens is 1. The average molecular weight is 296 g/mol. The first-order valence-electron chi connectivity index (χ1n) is 7.42. The van der Waals surface area contributed by atoms with Gasteiger partial charge in [-0.25, -0.2) is 4.98 Å². The Morgan fingerprint density at radius 3 is 2.67 bits per heavy atom. The molecule has 3 aromatic rings. The van der Waals surface area contributed by atoms with Gasteiger partial charge in [-0.1, -0.05) is 42.0 Å². The molecule has 0 bridgehead atoms. The van der Waals surface area contributed by atoms with Crippen LogP contribution in [0.2, 0.25) is 0 Å². The summed E-state index contributed by atoms with van der Waals surface area (Å²) in [5.74, 6) is 0. The topological polar surface area (TPSA) is 24.9 Å². The monoisotopic (exact) mass is 296 g/mol. The van der Waals surface area contributed by atoms with E-state index in [-0.39, 0.29) is 0 Å². The summed E-state index contributed by atoms with van der Waals surface area (Å²) in [4.78, 5) is 4.67. The normalized spacial score (nSPS) is 11.1. The highest BCUT2D eigenvalue weighted by Crippen LogP contribution is 2.22. The SMILES string of the molecule is Cc1ccc(CNCCCc2nc3ccccc3s2)cc1. The third-order valence-electron chi connectivity index (χ3n) is 3.53. The Bertz CT molecular complexity index is 668. The predicted molar refractivity (Wildman–Crippen MR) is 90.8 cm³/mol. The third kappa shape index (κ3) is 3.90. The molecule has 0 unspecified atom stereocenters. The van der Waals surface area contributed by atoms with Gasteiger partial charge in [-0.15, -0.1) is 11.3 Å². The smallest absolute Gasteiger partial charge is 0.0939 e. The van der Waals surface area contributed by atoms with Crippen molar-refractivity contribution in [3.8, 4) is 0 Å². The molecule has 0 aliphatic carbocycles. The van der Waals surface area contributed by atoms with Crippen LogP contribution in [0.3, 0.4) is 0 Å². The second-order valence-corrected chi connectivity index (χ2v) is 6.46. The van der Waals surface area contributed by atoms with E-state index in [9.17, 15) is 0 Å². The van der Waals surface area contributed by atoms with Crippen molar-refractivity contribution in [1.82, 2.24) is 10.3 Å². The highest BCUT2D eigenvalue weighted by Gasteiger charge is 2.02. The maximum atomic E-state index is 4.67. The van der Waals surface area contributed by atoms with E-state index in [1.807, 2.05) is 11.3 Å². The van der Waals surface area contributed by atoms with Crippen LogP contribution in [0.15, 0.2) is 48.5 Å².